The Morgan fingerprint density at radius 1 is 1.28 bits per heavy atom. The molecule has 11 heteroatoms. The predicted octanol–water partition coefficient (Wildman–Crippen LogP) is 5.39. The van der Waals surface area contributed by atoms with Gasteiger partial charge in [0.2, 0.25) is 0 Å². The van der Waals surface area contributed by atoms with E-state index in [1.165, 1.54) is 22.4 Å². The Morgan fingerprint density at radius 3 is 2.75 bits per heavy atom. The van der Waals surface area contributed by atoms with Crippen LogP contribution in [0.1, 0.15) is 27.5 Å². The largest absolute Gasteiger partial charge is 0.420 e. The van der Waals surface area contributed by atoms with Crippen LogP contribution in [0.15, 0.2) is 48.4 Å². The van der Waals surface area contributed by atoms with Gasteiger partial charge in [0.1, 0.15) is 10.2 Å². The highest BCUT2D eigenvalue weighted by Crippen LogP contribution is 2.37. The van der Waals surface area contributed by atoms with Gasteiger partial charge in [-0.05, 0) is 24.1 Å². The Hall–Kier alpha value is -3.11. The van der Waals surface area contributed by atoms with Gasteiger partial charge in [-0.1, -0.05) is 17.7 Å². The first-order valence-electron chi connectivity index (χ1n) is 9.63. The zero-order valence-electron chi connectivity index (χ0n) is 16.4. The van der Waals surface area contributed by atoms with Crippen molar-refractivity contribution >= 4 is 40.1 Å². The van der Waals surface area contributed by atoms with Gasteiger partial charge >= 0.3 is 6.18 Å². The summed E-state index contributed by atoms with van der Waals surface area (Å²) >= 11 is 7.91. The Labute approximate surface area is 189 Å². The summed E-state index contributed by atoms with van der Waals surface area (Å²) in [7, 11) is 0. The SMILES string of the molecule is O=C(c1nc2c(C(F)(F)F)cc(-c3cc[nH]c3)cn2c1Cl)N1CC=C(c2nccs2)CC1. The van der Waals surface area contributed by atoms with Crippen molar-refractivity contribution in [3.05, 3.63) is 69.8 Å². The molecule has 0 saturated heterocycles. The standard InChI is InChI=1S/C21H15ClF3N5OS/c22-17-16(20(31)29-6-2-12(3-7-29)19-27-5-8-32-19)28-18-15(21(23,24)25)9-14(11-30(17)18)13-1-4-26-10-13/h1-2,4-5,8-11,26H,3,6-7H2. The Bertz CT molecular complexity index is 1330. The van der Waals surface area contributed by atoms with Gasteiger partial charge in [0.25, 0.3) is 5.91 Å². The van der Waals surface area contributed by atoms with E-state index in [9.17, 15) is 18.0 Å². The van der Waals surface area contributed by atoms with Crippen LogP contribution in [0.4, 0.5) is 13.2 Å². The molecule has 1 aliphatic heterocycles. The van der Waals surface area contributed by atoms with E-state index >= 15 is 0 Å². The van der Waals surface area contributed by atoms with Crippen LogP contribution in [0.5, 0.6) is 0 Å². The van der Waals surface area contributed by atoms with Crippen molar-refractivity contribution in [1.82, 2.24) is 24.3 Å². The smallest absolute Gasteiger partial charge is 0.367 e. The third-order valence-electron chi connectivity index (χ3n) is 5.30. The van der Waals surface area contributed by atoms with Crippen molar-refractivity contribution in [2.75, 3.05) is 13.1 Å². The number of nitrogens with one attached hydrogen (secondary N) is 1. The molecule has 1 amide bonds. The number of aromatic amines is 1. The lowest BCUT2D eigenvalue weighted by molar-refractivity contribution is -0.136. The molecule has 5 rings (SSSR count). The first-order chi connectivity index (χ1) is 15.3. The second-order valence-corrected chi connectivity index (χ2v) is 8.51. The number of carbonyl (C=O) groups excluding carboxylic acids is 1. The maximum Gasteiger partial charge on any atom is 0.420 e. The lowest BCUT2D eigenvalue weighted by Crippen LogP contribution is -2.35. The van der Waals surface area contributed by atoms with E-state index in [1.807, 2.05) is 11.5 Å². The minimum atomic E-state index is -4.67. The van der Waals surface area contributed by atoms with Gasteiger partial charge in [0, 0.05) is 54.4 Å². The number of pyridine rings is 1. The topological polar surface area (TPSA) is 66.3 Å². The molecule has 32 heavy (non-hydrogen) atoms. The number of fused-ring (bicyclic) bond motifs is 1. The average Bonchev–Trinajstić information content (AvgIpc) is 3.54. The lowest BCUT2D eigenvalue weighted by Gasteiger charge is -2.25. The molecule has 0 bridgehead atoms. The lowest BCUT2D eigenvalue weighted by atomic mass is 10.1. The number of imidazole rings is 1. The molecule has 4 aromatic heterocycles. The second-order valence-electron chi connectivity index (χ2n) is 7.25. The molecule has 4 aromatic rings. The van der Waals surface area contributed by atoms with E-state index in [4.69, 9.17) is 11.6 Å². The fourth-order valence-electron chi connectivity index (χ4n) is 3.70. The van der Waals surface area contributed by atoms with Gasteiger partial charge in [0.15, 0.2) is 11.3 Å². The third-order valence-corrected chi connectivity index (χ3v) is 6.51. The van der Waals surface area contributed by atoms with Crippen molar-refractivity contribution in [3.8, 4) is 11.1 Å². The second kappa shape index (κ2) is 7.79. The molecule has 5 heterocycles. The minimum Gasteiger partial charge on any atom is -0.367 e. The van der Waals surface area contributed by atoms with Crippen LogP contribution >= 0.6 is 22.9 Å². The number of alkyl halides is 3. The minimum absolute atomic E-state index is 0.150. The summed E-state index contributed by atoms with van der Waals surface area (Å²) < 4.78 is 42.5. The van der Waals surface area contributed by atoms with Gasteiger partial charge in [-0.15, -0.1) is 11.3 Å². The zero-order chi connectivity index (χ0) is 22.5. The quantitative estimate of drug-likeness (QED) is 0.430. The Kier molecular flexibility index (Phi) is 5.06. The first-order valence-corrected chi connectivity index (χ1v) is 10.9. The highest BCUT2D eigenvalue weighted by Gasteiger charge is 2.36. The molecule has 164 valence electrons. The van der Waals surface area contributed by atoms with E-state index in [0.29, 0.717) is 30.6 Å². The molecule has 0 unspecified atom stereocenters. The molecular formula is C21H15ClF3N5OS. The van der Waals surface area contributed by atoms with Crippen LogP contribution < -0.4 is 0 Å². The summed E-state index contributed by atoms with van der Waals surface area (Å²) in [6.07, 6.45) is 4.19. The molecule has 1 N–H and O–H groups in total. The number of aromatic nitrogens is 4. The van der Waals surface area contributed by atoms with Crippen molar-refractivity contribution in [2.24, 2.45) is 0 Å². The van der Waals surface area contributed by atoms with Crippen molar-refractivity contribution in [2.45, 2.75) is 12.6 Å². The number of nitrogens with zero attached hydrogens (tertiary/aromatic N) is 4. The summed E-state index contributed by atoms with van der Waals surface area (Å²) in [6.45, 7) is 0.702. The number of hydrogen-bond donors (Lipinski definition) is 1. The molecular weight excluding hydrogens is 463 g/mol. The van der Waals surface area contributed by atoms with E-state index in [-0.39, 0.29) is 10.8 Å². The molecule has 0 spiro atoms. The summed E-state index contributed by atoms with van der Waals surface area (Å²) in [5, 5.41) is 2.63. The molecule has 0 aromatic carbocycles. The van der Waals surface area contributed by atoms with Crippen molar-refractivity contribution in [3.63, 3.8) is 0 Å². The zero-order valence-corrected chi connectivity index (χ0v) is 17.9. The van der Waals surface area contributed by atoms with Gasteiger partial charge in [-0.3, -0.25) is 9.20 Å². The molecule has 0 radical (unpaired) electrons. The van der Waals surface area contributed by atoms with E-state index in [1.54, 1.807) is 24.7 Å². The molecule has 0 aliphatic carbocycles. The highest BCUT2D eigenvalue weighted by atomic mass is 35.5. The van der Waals surface area contributed by atoms with Crippen molar-refractivity contribution < 1.29 is 18.0 Å². The number of H-pyrrole nitrogens is 1. The number of rotatable bonds is 3. The fraction of sp³-hybridized carbons (Fsp3) is 0.190. The number of hydrogen-bond acceptors (Lipinski definition) is 4. The summed E-state index contributed by atoms with van der Waals surface area (Å²) in [5.74, 6) is -0.510. The van der Waals surface area contributed by atoms with Crippen LogP contribution in [0.2, 0.25) is 5.15 Å². The van der Waals surface area contributed by atoms with Gasteiger partial charge in [0.05, 0.1) is 5.56 Å². The van der Waals surface area contributed by atoms with Crippen molar-refractivity contribution in [1.29, 1.82) is 0 Å². The van der Waals surface area contributed by atoms with Crippen LogP contribution in [0.25, 0.3) is 22.3 Å². The van der Waals surface area contributed by atoms with Crippen LogP contribution in [-0.4, -0.2) is 43.2 Å². The molecule has 0 saturated carbocycles. The molecule has 0 fully saturated rings. The van der Waals surface area contributed by atoms with E-state index < -0.39 is 23.3 Å². The maximum atomic E-state index is 13.8. The summed E-state index contributed by atoms with van der Waals surface area (Å²) in [6, 6.07) is 2.67. The maximum absolute atomic E-state index is 13.8. The fourth-order valence-corrected chi connectivity index (χ4v) is 4.66. The molecule has 1 aliphatic rings. The summed E-state index contributed by atoms with van der Waals surface area (Å²) in [4.78, 5) is 25.7. The molecule has 0 atom stereocenters. The van der Waals surface area contributed by atoms with Gasteiger partial charge in [-0.25, -0.2) is 9.97 Å². The Balaban J connectivity index is 1.54. The van der Waals surface area contributed by atoms with Gasteiger partial charge < -0.3 is 9.88 Å². The molecule has 6 nitrogen and oxygen atoms in total. The van der Waals surface area contributed by atoms with Crippen LogP contribution in [-0.2, 0) is 6.18 Å². The van der Waals surface area contributed by atoms with E-state index in [0.717, 1.165) is 21.0 Å². The van der Waals surface area contributed by atoms with Crippen LogP contribution in [0, 0.1) is 0 Å². The highest BCUT2D eigenvalue weighted by molar-refractivity contribution is 7.10. The monoisotopic (exact) mass is 477 g/mol. The van der Waals surface area contributed by atoms with Gasteiger partial charge in [-0.2, -0.15) is 13.2 Å². The normalized spacial score (nSPS) is 14.8. The number of amides is 1. The number of halogens is 4. The Morgan fingerprint density at radius 2 is 2.12 bits per heavy atom. The number of carbonyl (C=O) groups is 1. The average molecular weight is 478 g/mol. The van der Waals surface area contributed by atoms with Crippen LogP contribution in [0.3, 0.4) is 0 Å². The summed E-state index contributed by atoms with van der Waals surface area (Å²) in [5.41, 5.74) is 0.349. The van der Waals surface area contributed by atoms with E-state index in [2.05, 4.69) is 15.0 Å². The predicted molar refractivity (Wildman–Crippen MR) is 116 cm³/mol. The third kappa shape index (κ3) is 3.59. The number of thiazole rings is 1. The first kappa shape index (κ1) is 20.8.